The maximum atomic E-state index is 11.6. The Morgan fingerprint density at radius 3 is 2.07 bits per heavy atom. The Labute approximate surface area is 167 Å². The van der Waals surface area contributed by atoms with Gasteiger partial charge < -0.3 is 0 Å². The summed E-state index contributed by atoms with van der Waals surface area (Å²) < 4.78 is 23.2. The largest absolute Gasteiger partial charge is 0.225 e. The Balaban J connectivity index is 1.61. The molecule has 2 heterocycles. The average molecular weight is 415 g/mol. The molecule has 0 fully saturated rings. The molecule has 1 aliphatic rings. The fraction of sp³-hybridized carbons (Fsp3) is 0.105. The molecule has 0 radical (unpaired) electrons. The van der Waals surface area contributed by atoms with E-state index in [1.54, 1.807) is 35.3 Å². The van der Waals surface area contributed by atoms with E-state index in [-0.39, 0.29) is 4.90 Å². The van der Waals surface area contributed by atoms with Crippen LogP contribution >= 0.6 is 11.6 Å². The summed E-state index contributed by atoms with van der Waals surface area (Å²) in [6, 6.07) is 16.1. The van der Waals surface area contributed by atoms with Crippen LogP contribution in [0.1, 0.15) is 0 Å². The summed E-state index contributed by atoms with van der Waals surface area (Å²) in [5.41, 5.74) is 4.04. The number of hydrogen-bond acceptors (Lipinski definition) is 6. The topological polar surface area (TPSA) is 82.7 Å². The number of rotatable bonds is 5. The molecule has 28 heavy (non-hydrogen) atoms. The van der Waals surface area contributed by atoms with Crippen molar-refractivity contribution in [1.29, 1.82) is 0 Å². The zero-order chi connectivity index (χ0) is 20.1. The standard InChI is InChI=1S/C19H15ClN4O3S/c1-23(22-25)24-17-11-16(20)18(21-19(17)24)14-5-3-12(4-6-14)13-7-9-15(10-8-13)28(2,26)27/h3-11H,1-2H3. The molecule has 2 aromatic carbocycles. The third-order valence-corrected chi connectivity index (χ3v) is 5.91. The summed E-state index contributed by atoms with van der Waals surface area (Å²) in [5, 5.41) is 6.05. The maximum Gasteiger partial charge on any atom is 0.180 e. The minimum absolute atomic E-state index is 0.286. The smallest absolute Gasteiger partial charge is 0.180 e. The molecular formula is C19H15ClN4O3S. The van der Waals surface area contributed by atoms with E-state index in [2.05, 4.69) is 10.3 Å². The summed E-state index contributed by atoms with van der Waals surface area (Å²) in [7, 11) is -1.68. The monoisotopic (exact) mass is 414 g/mol. The van der Waals surface area contributed by atoms with Gasteiger partial charge >= 0.3 is 0 Å². The van der Waals surface area contributed by atoms with Crippen molar-refractivity contribution in [2.75, 3.05) is 18.3 Å². The quantitative estimate of drug-likeness (QED) is 0.348. The number of nitroso groups, excluding NO2 is 1. The van der Waals surface area contributed by atoms with Gasteiger partial charge in [0, 0.05) is 11.8 Å². The Kier molecular flexibility index (Phi) is 4.32. The van der Waals surface area contributed by atoms with Crippen LogP contribution in [0.3, 0.4) is 0 Å². The Hall–Kier alpha value is -2.97. The molecule has 0 bridgehead atoms. The van der Waals surface area contributed by atoms with Crippen molar-refractivity contribution in [2.45, 2.75) is 4.90 Å². The van der Waals surface area contributed by atoms with Crippen molar-refractivity contribution in [3.05, 3.63) is 64.5 Å². The molecule has 7 nitrogen and oxygen atoms in total. The van der Waals surface area contributed by atoms with Crippen LogP contribution < -0.4 is 5.01 Å². The second-order valence-electron chi connectivity index (χ2n) is 6.42. The summed E-state index contributed by atoms with van der Waals surface area (Å²) in [4.78, 5) is 15.5. The normalized spacial score (nSPS) is 12.5. The number of anilines is 2. The first-order valence-corrected chi connectivity index (χ1v) is 10.5. The van der Waals surface area contributed by atoms with Crippen molar-refractivity contribution >= 4 is 32.9 Å². The van der Waals surface area contributed by atoms with Crippen LogP contribution in [-0.2, 0) is 9.84 Å². The van der Waals surface area contributed by atoms with Gasteiger partial charge in [-0.05, 0) is 29.3 Å². The molecular weight excluding hydrogens is 400 g/mol. The lowest BCUT2D eigenvalue weighted by molar-refractivity contribution is 0.378. The van der Waals surface area contributed by atoms with Crippen LogP contribution in [0, 0.1) is 4.91 Å². The lowest BCUT2D eigenvalue weighted by atomic mass is 10.0. The van der Waals surface area contributed by atoms with Crippen LogP contribution in [0.2, 0.25) is 5.02 Å². The van der Waals surface area contributed by atoms with Crippen LogP contribution in [0.25, 0.3) is 22.4 Å². The van der Waals surface area contributed by atoms with Crippen LogP contribution in [0.15, 0.2) is 64.8 Å². The molecule has 0 spiro atoms. The third-order valence-electron chi connectivity index (χ3n) is 4.50. The number of nitrogens with zero attached hydrogens (tertiary/aromatic N) is 4. The summed E-state index contributed by atoms with van der Waals surface area (Å²) in [6.45, 7) is 0. The van der Waals surface area contributed by atoms with E-state index in [0.29, 0.717) is 16.5 Å². The molecule has 4 rings (SSSR count). The average Bonchev–Trinajstić information content (AvgIpc) is 3.39. The summed E-state index contributed by atoms with van der Waals surface area (Å²) in [5.74, 6) is 0.641. The summed E-state index contributed by atoms with van der Waals surface area (Å²) >= 11 is 6.35. The number of sulfone groups is 1. The molecule has 0 saturated carbocycles. The highest BCUT2D eigenvalue weighted by atomic mass is 35.5. The molecule has 142 valence electrons. The molecule has 0 atom stereocenters. The van der Waals surface area contributed by atoms with Crippen LogP contribution in [0.5, 0.6) is 0 Å². The number of pyridine rings is 1. The first-order valence-electron chi connectivity index (χ1n) is 8.28. The summed E-state index contributed by atoms with van der Waals surface area (Å²) in [6.07, 6.45) is 1.18. The molecule has 3 aromatic rings. The Morgan fingerprint density at radius 1 is 1.00 bits per heavy atom. The predicted molar refractivity (Wildman–Crippen MR) is 109 cm³/mol. The van der Waals surface area contributed by atoms with Crippen molar-refractivity contribution in [1.82, 2.24) is 10.1 Å². The van der Waals surface area contributed by atoms with E-state index < -0.39 is 9.84 Å². The molecule has 0 saturated heterocycles. The lowest BCUT2D eigenvalue weighted by Crippen LogP contribution is -2.19. The fourth-order valence-electron chi connectivity index (χ4n) is 2.98. The van der Waals surface area contributed by atoms with E-state index in [4.69, 9.17) is 11.6 Å². The van der Waals surface area contributed by atoms with E-state index in [9.17, 15) is 13.3 Å². The molecule has 0 N–H and O–H groups in total. The van der Waals surface area contributed by atoms with Crippen LogP contribution in [-0.4, -0.2) is 31.8 Å². The number of fused-ring (bicyclic) bond motifs is 1. The van der Waals surface area contributed by atoms with Gasteiger partial charge in [0.15, 0.2) is 15.7 Å². The highest BCUT2D eigenvalue weighted by Crippen LogP contribution is 2.50. The predicted octanol–water partition coefficient (Wildman–Crippen LogP) is 4.45. The highest BCUT2D eigenvalue weighted by Gasteiger charge is 2.37. The van der Waals surface area contributed by atoms with Crippen molar-refractivity contribution < 1.29 is 8.42 Å². The van der Waals surface area contributed by atoms with E-state index in [0.717, 1.165) is 27.5 Å². The van der Waals surface area contributed by atoms with Gasteiger partial charge in [-0.1, -0.05) is 48.0 Å². The van der Waals surface area contributed by atoms with E-state index in [1.165, 1.54) is 13.3 Å². The second-order valence-corrected chi connectivity index (χ2v) is 8.84. The third kappa shape index (κ3) is 3.21. The first kappa shape index (κ1) is 18.4. The minimum atomic E-state index is -3.22. The number of hydrazine groups is 1. The van der Waals surface area contributed by atoms with Gasteiger partial charge in [-0.25, -0.2) is 18.4 Å². The number of aromatic nitrogens is 1. The van der Waals surface area contributed by atoms with Crippen molar-refractivity contribution in [2.24, 2.45) is 5.29 Å². The second kappa shape index (κ2) is 6.57. The van der Waals surface area contributed by atoms with E-state index in [1.807, 2.05) is 24.3 Å². The van der Waals surface area contributed by atoms with E-state index >= 15 is 0 Å². The van der Waals surface area contributed by atoms with Gasteiger partial charge in [0.1, 0.15) is 5.69 Å². The molecule has 0 unspecified atom stereocenters. The Morgan fingerprint density at radius 2 is 1.54 bits per heavy atom. The highest BCUT2D eigenvalue weighted by molar-refractivity contribution is 7.90. The van der Waals surface area contributed by atoms with Gasteiger partial charge in [-0.3, -0.25) is 0 Å². The number of benzene rings is 2. The molecule has 0 aliphatic carbocycles. The molecule has 9 heteroatoms. The minimum Gasteiger partial charge on any atom is -0.225 e. The Bertz CT molecular complexity index is 1180. The van der Waals surface area contributed by atoms with Gasteiger partial charge in [-0.2, -0.15) is 5.12 Å². The van der Waals surface area contributed by atoms with Gasteiger partial charge in [0.05, 0.1) is 27.9 Å². The first-order chi connectivity index (χ1) is 13.3. The van der Waals surface area contributed by atoms with Gasteiger partial charge in [0.25, 0.3) is 0 Å². The fourth-order valence-corrected chi connectivity index (χ4v) is 3.87. The van der Waals surface area contributed by atoms with Crippen LogP contribution in [0.4, 0.5) is 11.5 Å². The molecule has 1 aromatic heterocycles. The zero-order valence-corrected chi connectivity index (χ0v) is 16.6. The maximum absolute atomic E-state index is 11.6. The van der Waals surface area contributed by atoms with Crippen molar-refractivity contribution in [3.63, 3.8) is 0 Å². The van der Waals surface area contributed by atoms with Crippen molar-refractivity contribution in [3.8, 4) is 22.4 Å². The molecule has 1 aliphatic heterocycles. The number of halogens is 1. The number of hydrogen-bond donors (Lipinski definition) is 0. The lowest BCUT2D eigenvalue weighted by Gasteiger charge is -2.08. The van der Waals surface area contributed by atoms with Gasteiger partial charge in [0.2, 0.25) is 0 Å². The molecule has 0 amide bonds. The zero-order valence-electron chi connectivity index (χ0n) is 15.0. The van der Waals surface area contributed by atoms with Gasteiger partial charge in [-0.15, -0.1) is 4.91 Å². The SMILES string of the molecule is CN(N=O)N1c2cc(Cl)c(-c3ccc(-c4ccc(S(C)(=O)=O)cc4)cc3)nc21.